The molecule has 1 unspecified atom stereocenters. The fraction of sp³-hybridized carbons (Fsp3) is 0.545. The maximum Gasteiger partial charge on any atom is 0.244 e. The molecule has 0 saturated heterocycles. The molecule has 0 aromatic carbocycles. The van der Waals surface area contributed by atoms with Gasteiger partial charge in [0, 0.05) is 19.7 Å². The molecule has 0 aliphatic heterocycles. The van der Waals surface area contributed by atoms with E-state index in [1.54, 1.807) is 21.0 Å². The molecule has 0 bridgehead atoms. The van der Waals surface area contributed by atoms with E-state index in [0.717, 1.165) is 5.56 Å². The first-order valence-electron chi connectivity index (χ1n) is 5.44. The highest BCUT2D eigenvalue weighted by molar-refractivity contribution is 6.30. The summed E-state index contributed by atoms with van der Waals surface area (Å²) in [5.41, 5.74) is 0.826. The molecule has 6 heteroatoms. The number of carbonyl (C=O) groups excluding carboxylic acids is 1. The summed E-state index contributed by atoms with van der Waals surface area (Å²) < 4.78 is 0. The number of hydrogen-bond acceptors (Lipinski definition) is 4. The second kappa shape index (κ2) is 5.82. The number of nitrogens with zero attached hydrogens (tertiary/aromatic N) is 3. The summed E-state index contributed by atoms with van der Waals surface area (Å²) in [5.74, 6) is 0.608. The molecule has 1 rings (SSSR count). The van der Waals surface area contributed by atoms with Crippen LogP contribution in [0.3, 0.4) is 0 Å². The highest BCUT2D eigenvalue weighted by atomic mass is 35.5. The molecule has 0 radical (unpaired) electrons. The van der Waals surface area contributed by atoms with Crippen molar-refractivity contribution < 1.29 is 4.79 Å². The van der Waals surface area contributed by atoms with E-state index in [9.17, 15) is 4.79 Å². The Labute approximate surface area is 106 Å². The van der Waals surface area contributed by atoms with E-state index in [4.69, 9.17) is 11.6 Å². The Hall–Kier alpha value is -1.36. The van der Waals surface area contributed by atoms with Crippen LogP contribution in [0, 0.1) is 0 Å². The number of carbonyl (C=O) groups is 1. The van der Waals surface area contributed by atoms with Crippen LogP contribution in [0.1, 0.15) is 19.4 Å². The zero-order chi connectivity index (χ0) is 13.0. The van der Waals surface area contributed by atoms with Crippen LogP contribution in [0.15, 0.2) is 6.33 Å². The van der Waals surface area contributed by atoms with E-state index < -0.39 is 0 Å². The Balaban J connectivity index is 2.88. The van der Waals surface area contributed by atoms with Gasteiger partial charge in [0.15, 0.2) is 0 Å². The molecule has 1 aromatic heterocycles. The Kier molecular flexibility index (Phi) is 4.69. The average molecular weight is 257 g/mol. The maximum absolute atomic E-state index is 11.7. The van der Waals surface area contributed by atoms with Gasteiger partial charge in [0.25, 0.3) is 0 Å². The van der Waals surface area contributed by atoms with Crippen LogP contribution in [0.5, 0.6) is 0 Å². The van der Waals surface area contributed by atoms with E-state index in [1.165, 1.54) is 11.2 Å². The van der Waals surface area contributed by atoms with Gasteiger partial charge in [0.05, 0.1) is 0 Å². The number of hydrogen-bond donors (Lipinski definition) is 1. The minimum absolute atomic E-state index is 0.0122. The molecule has 1 aromatic rings. The van der Waals surface area contributed by atoms with Gasteiger partial charge in [-0.15, -0.1) is 0 Å². The highest BCUT2D eigenvalue weighted by Gasteiger charge is 2.17. The topological polar surface area (TPSA) is 58.1 Å². The number of halogens is 1. The molecule has 0 aliphatic rings. The predicted octanol–water partition coefficient (Wildman–Crippen LogP) is 1.58. The van der Waals surface area contributed by atoms with Crippen molar-refractivity contribution in [2.45, 2.75) is 26.3 Å². The zero-order valence-corrected chi connectivity index (χ0v) is 11.2. The van der Waals surface area contributed by atoms with Gasteiger partial charge < -0.3 is 10.2 Å². The third-order valence-electron chi connectivity index (χ3n) is 2.41. The molecule has 1 amide bonds. The lowest BCUT2D eigenvalue weighted by Crippen LogP contribution is -2.37. The van der Waals surface area contributed by atoms with Crippen LogP contribution in [-0.4, -0.2) is 40.9 Å². The van der Waals surface area contributed by atoms with Gasteiger partial charge in [-0.05, 0) is 13.3 Å². The molecule has 0 saturated carbocycles. The molecule has 5 nitrogen and oxygen atoms in total. The number of anilines is 1. The van der Waals surface area contributed by atoms with Gasteiger partial charge >= 0.3 is 0 Å². The van der Waals surface area contributed by atoms with Gasteiger partial charge in [-0.1, -0.05) is 18.5 Å². The first kappa shape index (κ1) is 13.7. The smallest absolute Gasteiger partial charge is 0.244 e. The van der Waals surface area contributed by atoms with Crippen molar-refractivity contribution in [3.8, 4) is 0 Å². The largest absolute Gasteiger partial charge is 0.358 e. The van der Waals surface area contributed by atoms with Crippen LogP contribution in [0.2, 0.25) is 5.15 Å². The number of nitrogens with one attached hydrogen (secondary N) is 1. The second-order valence-corrected chi connectivity index (χ2v) is 4.30. The summed E-state index contributed by atoms with van der Waals surface area (Å²) in [6, 6.07) is -0.346. The van der Waals surface area contributed by atoms with Crippen molar-refractivity contribution in [1.82, 2.24) is 14.9 Å². The molecular weight excluding hydrogens is 240 g/mol. The number of aromatic nitrogens is 2. The standard InChI is InChI=1S/C11H17ClN4O/c1-5-8-9(12)13-6-14-10(8)15-7(2)11(17)16(3)4/h6-7H,5H2,1-4H3,(H,13,14,15). The predicted molar refractivity (Wildman–Crippen MR) is 68.2 cm³/mol. The molecule has 0 aliphatic carbocycles. The minimum Gasteiger partial charge on any atom is -0.358 e. The van der Waals surface area contributed by atoms with Crippen LogP contribution < -0.4 is 5.32 Å². The normalized spacial score (nSPS) is 12.1. The molecule has 1 atom stereocenters. The fourth-order valence-electron chi connectivity index (χ4n) is 1.48. The molecule has 94 valence electrons. The third-order valence-corrected chi connectivity index (χ3v) is 2.74. The van der Waals surface area contributed by atoms with Crippen LogP contribution in [0.4, 0.5) is 5.82 Å². The van der Waals surface area contributed by atoms with Crippen LogP contribution in [-0.2, 0) is 11.2 Å². The third kappa shape index (κ3) is 3.30. The Morgan fingerprint density at radius 1 is 1.53 bits per heavy atom. The van der Waals surface area contributed by atoms with Crippen molar-refractivity contribution >= 4 is 23.3 Å². The Morgan fingerprint density at radius 3 is 2.71 bits per heavy atom. The van der Waals surface area contributed by atoms with Gasteiger partial charge in [0.2, 0.25) is 5.91 Å². The van der Waals surface area contributed by atoms with Crippen LogP contribution >= 0.6 is 11.6 Å². The zero-order valence-electron chi connectivity index (χ0n) is 10.5. The van der Waals surface area contributed by atoms with Crippen molar-refractivity contribution in [3.63, 3.8) is 0 Å². The summed E-state index contributed by atoms with van der Waals surface area (Å²) >= 11 is 5.97. The SMILES string of the molecule is CCc1c(Cl)ncnc1NC(C)C(=O)N(C)C. The van der Waals surface area contributed by atoms with Crippen molar-refractivity contribution in [1.29, 1.82) is 0 Å². The summed E-state index contributed by atoms with van der Waals surface area (Å²) in [6.45, 7) is 3.76. The number of rotatable bonds is 4. The first-order valence-corrected chi connectivity index (χ1v) is 5.82. The van der Waals surface area contributed by atoms with E-state index in [2.05, 4.69) is 15.3 Å². The summed E-state index contributed by atoms with van der Waals surface area (Å²) in [4.78, 5) is 21.3. The van der Waals surface area contributed by atoms with Gasteiger partial charge in [-0.25, -0.2) is 9.97 Å². The average Bonchev–Trinajstić information content (AvgIpc) is 2.28. The van der Waals surface area contributed by atoms with Crippen molar-refractivity contribution in [3.05, 3.63) is 17.0 Å². The van der Waals surface area contributed by atoms with E-state index in [-0.39, 0.29) is 11.9 Å². The molecule has 0 spiro atoms. The second-order valence-electron chi connectivity index (χ2n) is 3.94. The quantitative estimate of drug-likeness (QED) is 0.831. The van der Waals surface area contributed by atoms with E-state index >= 15 is 0 Å². The minimum atomic E-state index is -0.346. The fourth-order valence-corrected chi connectivity index (χ4v) is 1.75. The summed E-state index contributed by atoms with van der Waals surface area (Å²) in [7, 11) is 3.43. The van der Waals surface area contributed by atoms with Crippen molar-refractivity contribution in [2.75, 3.05) is 19.4 Å². The number of likely N-dealkylation sites (N-methyl/N-ethyl adjacent to an activating group) is 1. The summed E-state index contributed by atoms with van der Waals surface area (Å²) in [5, 5.41) is 3.48. The monoisotopic (exact) mass is 256 g/mol. The van der Waals surface area contributed by atoms with Crippen LogP contribution in [0.25, 0.3) is 0 Å². The Bertz CT molecular complexity index is 408. The number of amides is 1. The lowest BCUT2D eigenvalue weighted by atomic mass is 10.2. The highest BCUT2D eigenvalue weighted by Crippen LogP contribution is 2.20. The lowest BCUT2D eigenvalue weighted by molar-refractivity contribution is -0.129. The van der Waals surface area contributed by atoms with Gasteiger partial charge in [-0.3, -0.25) is 4.79 Å². The lowest BCUT2D eigenvalue weighted by Gasteiger charge is -2.19. The van der Waals surface area contributed by atoms with E-state index in [1.807, 2.05) is 6.92 Å². The molecular formula is C11H17ClN4O. The molecule has 17 heavy (non-hydrogen) atoms. The Morgan fingerprint density at radius 2 is 2.18 bits per heavy atom. The van der Waals surface area contributed by atoms with Gasteiger partial charge in [0.1, 0.15) is 23.3 Å². The maximum atomic E-state index is 11.7. The molecule has 1 N–H and O–H groups in total. The molecule has 1 heterocycles. The van der Waals surface area contributed by atoms with Crippen molar-refractivity contribution in [2.24, 2.45) is 0 Å². The first-order chi connectivity index (χ1) is 7.97. The molecule has 0 fully saturated rings. The summed E-state index contributed by atoms with van der Waals surface area (Å²) in [6.07, 6.45) is 2.10. The van der Waals surface area contributed by atoms with E-state index in [0.29, 0.717) is 17.4 Å². The van der Waals surface area contributed by atoms with Gasteiger partial charge in [-0.2, -0.15) is 0 Å².